The van der Waals surface area contributed by atoms with Crippen LogP contribution in [0.5, 0.6) is 0 Å². The Hall–Kier alpha value is -3.06. The summed E-state index contributed by atoms with van der Waals surface area (Å²) in [6, 6.07) is 14.9. The fourth-order valence-corrected chi connectivity index (χ4v) is 5.31. The maximum atomic E-state index is 13.0. The lowest BCUT2D eigenvalue weighted by Gasteiger charge is -2.28. The monoisotopic (exact) mass is 392 g/mol. The molecule has 5 rings (SSSR count). The average molecular weight is 392 g/mol. The molecule has 2 aliphatic rings. The summed E-state index contributed by atoms with van der Waals surface area (Å²) in [5.41, 5.74) is 2.07. The van der Waals surface area contributed by atoms with E-state index in [2.05, 4.69) is 4.98 Å². The molecule has 2 aliphatic heterocycles. The second-order valence-corrected chi connectivity index (χ2v) is 8.15. The smallest absolute Gasteiger partial charge is 0.343 e. The van der Waals surface area contributed by atoms with Crippen LogP contribution in [0, 0.1) is 0 Å². The van der Waals surface area contributed by atoms with Crippen LogP contribution in [0.15, 0.2) is 59.6 Å². The van der Waals surface area contributed by atoms with Crippen LogP contribution in [0.4, 0.5) is 5.69 Å². The Morgan fingerprint density at radius 1 is 1.14 bits per heavy atom. The molecule has 28 heavy (non-hydrogen) atoms. The van der Waals surface area contributed by atoms with E-state index in [1.807, 2.05) is 48.5 Å². The summed E-state index contributed by atoms with van der Waals surface area (Å²) in [4.78, 5) is 42.4. The molecular weight excluding hydrogens is 376 g/mol. The highest BCUT2D eigenvalue weighted by Crippen LogP contribution is 2.56. The van der Waals surface area contributed by atoms with Crippen molar-refractivity contribution in [2.24, 2.45) is 0 Å². The predicted molar refractivity (Wildman–Crippen MR) is 105 cm³/mol. The van der Waals surface area contributed by atoms with Crippen LogP contribution in [-0.4, -0.2) is 34.1 Å². The van der Waals surface area contributed by atoms with E-state index in [0.717, 1.165) is 21.5 Å². The van der Waals surface area contributed by atoms with Crippen molar-refractivity contribution in [2.45, 2.75) is 22.6 Å². The van der Waals surface area contributed by atoms with Crippen molar-refractivity contribution >= 4 is 46.0 Å². The van der Waals surface area contributed by atoms with Crippen molar-refractivity contribution in [1.82, 2.24) is 4.98 Å². The minimum atomic E-state index is -1.11. The van der Waals surface area contributed by atoms with Gasteiger partial charge in [0.1, 0.15) is 0 Å². The molecule has 1 N–H and O–H groups in total. The van der Waals surface area contributed by atoms with Gasteiger partial charge < -0.3 is 9.72 Å². The fraction of sp³-hybridized carbons (Fsp3) is 0.190. The number of hydrogen-bond acceptors (Lipinski definition) is 5. The second-order valence-electron chi connectivity index (χ2n) is 6.83. The van der Waals surface area contributed by atoms with Crippen LogP contribution in [0.1, 0.15) is 23.2 Å². The maximum absolute atomic E-state index is 13.0. The summed E-state index contributed by atoms with van der Waals surface area (Å²) in [6.07, 6.45) is 2.28. The van der Waals surface area contributed by atoms with E-state index in [9.17, 15) is 14.4 Å². The molecule has 0 bridgehead atoms. The lowest BCUT2D eigenvalue weighted by molar-refractivity contribution is -0.145. The van der Waals surface area contributed by atoms with Gasteiger partial charge in [-0.1, -0.05) is 42.1 Å². The average Bonchev–Trinajstić information content (AvgIpc) is 3.38. The molecule has 1 atom stereocenters. The molecule has 0 unspecified atom stereocenters. The van der Waals surface area contributed by atoms with Crippen molar-refractivity contribution in [1.29, 1.82) is 0 Å². The Morgan fingerprint density at radius 3 is 2.82 bits per heavy atom. The molecule has 0 spiro atoms. The summed E-state index contributed by atoms with van der Waals surface area (Å²) in [6.45, 7) is -0.360. The first-order valence-corrected chi connectivity index (χ1v) is 9.79. The van der Waals surface area contributed by atoms with E-state index in [4.69, 9.17) is 4.74 Å². The molecule has 0 aliphatic carbocycles. The van der Waals surface area contributed by atoms with E-state index < -0.39 is 10.8 Å². The maximum Gasteiger partial charge on any atom is 0.343 e. The Morgan fingerprint density at radius 2 is 1.93 bits per heavy atom. The third-order valence-corrected chi connectivity index (χ3v) is 6.67. The molecule has 2 aromatic carbocycles. The van der Waals surface area contributed by atoms with Gasteiger partial charge in [0.15, 0.2) is 11.5 Å². The lowest BCUT2D eigenvalue weighted by Crippen LogP contribution is -2.48. The number of nitrogens with zero attached hydrogens (tertiary/aromatic N) is 1. The summed E-state index contributed by atoms with van der Waals surface area (Å²) in [5.74, 6) is -0.927. The number of fused-ring (bicyclic) bond motifs is 4. The molecule has 3 heterocycles. The summed E-state index contributed by atoms with van der Waals surface area (Å²) < 4.78 is 5.43. The Balaban J connectivity index is 1.37. The van der Waals surface area contributed by atoms with Crippen molar-refractivity contribution in [3.8, 4) is 0 Å². The van der Waals surface area contributed by atoms with E-state index in [1.54, 1.807) is 6.20 Å². The topological polar surface area (TPSA) is 79.5 Å². The van der Waals surface area contributed by atoms with Gasteiger partial charge >= 0.3 is 5.97 Å². The quantitative estimate of drug-likeness (QED) is 0.543. The number of anilines is 1. The van der Waals surface area contributed by atoms with Crippen LogP contribution in [0.2, 0.25) is 0 Å². The molecule has 1 saturated heterocycles. The Labute approximate surface area is 164 Å². The molecule has 140 valence electrons. The van der Waals surface area contributed by atoms with Crippen LogP contribution in [0.3, 0.4) is 0 Å². The molecule has 6 nitrogen and oxygen atoms in total. The van der Waals surface area contributed by atoms with E-state index in [1.165, 1.54) is 16.7 Å². The largest absolute Gasteiger partial charge is 0.455 e. The number of Topliss-reactive ketones (excluding diaryl/α,β-unsaturated/α-hetero) is 1. The van der Waals surface area contributed by atoms with Crippen LogP contribution < -0.4 is 4.90 Å². The highest BCUT2D eigenvalue weighted by molar-refractivity contribution is 8.02. The zero-order valence-electron chi connectivity index (χ0n) is 14.8. The zero-order chi connectivity index (χ0) is 19.3. The second kappa shape index (κ2) is 6.24. The number of aromatic nitrogens is 1. The lowest BCUT2D eigenvalue weighted by atomic mass is 10.1. The van der Waals surface area contributed by atoms with Gasteiger partial charge in [-0.15, -0.1) is 0 Å². The number of rotatable bonds is 4. The number of para-hydroxylation sites is 2. The Bertz CT molecular complexity index is 1140. The number of benzene rings is 2. The Kier molecular flexibility index (Phi) is 3.80. The highest BCUT2D eigenvalue weighted by atomic mass is 32.2. The number of esters is 1. The van der Waals surface area contributed by atoms with Crippen LogP contribution in [0.25, 0.3) is 10.9 Å². The minimum absolute atomic E-state index is 0.0997. The molecule has 3 aromatic rings. The number of H-pyrrole nitrogens is 1. The zero-order valence-corrected chi connectivity index (χ0v) is 15.6. The van der Waals surface area contributed by atoms with Gasteiger partial charge in [0.2, 0.25) is 11.7 Å². The fourth-order valence-electron chi connectivity index (χ4n) is 3.90. The van der Waals surface area contributed by atoms with Crippen molar-refractivity contribution < 1.29 is 19.1 Å². The van der Waals surface area contributed by atoms with Crippen molar-refractivity contribution in [3.05, 3.63) is 60.3 Å². The third kappa shape index (κ3) is 2.39. The predicted octanol–water partition coefficient (Wildman–Crippen LogP) is 3.52. The first-order valence-electron chi connectivity index (χ1n) is 8.98. The molecule has 1 aromatic heterocycles. The number of nitrogens with one attached hydrogen (secondary N) is 1. The first kappa shape index (κ1) is 17.1. The van der Waals surface area contributed by atoms with Crippen molar-refractivity contribution in [2.75, 3.05) is 11.5 Å². The number of carbonyl (C=O) groups excluding carboxylic acids is 3. The molecular formula is C21H16N2O4S. The number of hydrogen-bond donors (Lipinski definition) is 1. The number of thioether (sulfide) groups is 1. The molecule has 1 fully saturated rings. The van der Waals surface area contributed by atoms with E-state index in [0.29, 0.717) is 12.0 Å². The summed E-state index contributed by atoms with van der Waals surface area (Å²) >= 11 is 1.33. The van der Waals surface area contributed by atoms with Gasteiger partial charge in [0.25, 0.3) is 0 Å². The number of amides is 1. The third-order valence-electron chi connectivity index (χ3n) is 5.22. The number of ketones is 1. The number of carbonyl (C=O) groups is 3. The van der Waals surface area contributed by atoms with Gasteiger partial charge in [-0.05, 0) is 18.2 Å². The minimum Gasteiger partial charge on any atom is -0.455 e. The van der Waals surface area contributed by atoms with Crippen LogP contribution >= 0.6 is 11.8 Å². The first-order chi connectivity index (χ1) is 13.6. The molecule has 1 amide bonds. The van der Waals surface area contributed by atoms with Crippen LogP contribution in [-0.2, 0) is 14.3 Å². The molecule has 7 heteroatoms. The van der Waals surface area contributed by atoms with Gasteiger partial charge in [-0.25, -0.2) is 4.79 Å². The molecule has 0 radical (unpaired) electrons. The van der Waals surface area contributed by atoms with Gasteiger partial charge in [0.05, 0.1) is 5.69 Å². The standard InChI is InChI=1S/C21H16N2O4S/c24-17(14-11-22-15-6-2-1-5-13(14)15)12-27-20(26)21-10-9-19(25)23(21)16-7-3-4-8-18(16)28-21/h1-8,11,22H,9-10,12H2/t21-/m1/s1. The number of aromatic amines is 1. The summed E-state index contributed by atoms with van der Waals surface area (Å²) in [5, 5.41) is 0.794. The normalized spacial score (nSPS) is 20.3. The van der Waals surface area contributed by atoms with E-state index >= 15 is 0 Å². The van der Waals surface area contributed by atoms with Gasteiger partial charge in [-0.2, -0.15) is 0 Å². The summed E-state index contributed by atoms with van der Waals surface area (Å²) in [7, 11) is 0. The van der Waals surface area contributed by atoms with Gasteiger partial charge in [-0.3, -0.25) is 14.5 Å². The van der Waals surface area contributed by atoms with Crippen molar-refractivity contribution in [3.63, 3.8) is 0 Å². The van der Waals surface area contributed by atoms with E-state index in [-0.39, 0.29) is 24.7 Å². The highest BCUT2D eigenvalue weighted by Gasteiger charge is 2.58. The molecule has 0 saturated carbocycles. The van der Waals surface area contributed by atoms with Gasteiger partial charge in [0, 0.05) is 40.4 Å². The number of ether oxygens (including phenoxy) is 1. The SMILES string of the molecule is O=C(COC(=O)[C@]12CCC(=O)N1c1ccccc1S2)c1c[nH]c2ccccc12.